The maximum Gasteiger partial charge on any atom is 0.235 e. The Balaban J connectivity index is 2.18. The second-order valence-corrected chi connectivity index (χ2v) is 4.54. The van der Waals surface area contributed by atoms with E-state index < -0.39 is 0 Å². The van der Waals surface area contributed by atoms with Crippen LogP contribution in [0.4, 0.5) is 0 Å². The van der Waals surface area contributed by atoms with E-state index in [4.69, 9.17) is 11.6 Å². The number of halogens is 1. The van der Waals surface area contributed by atoms with Gasteiger partial charge < -0.3 is 4.98 Å². The number of rotatable bonds is 2. The van der Waals surface area contributed by atoms with Crippen LogP contribution in [0.25, 0.3) is 10.9 Å². The Labute approximate surface area is 97.1 Å². The summed E-state index contributed by atoms with van der Waals surface area (Å²) in [5.41, 5.74) is 1.72. The molecule has 2 aromatic rings. The maximum atomic E-state index is 10.4. The minimum absolute atomic E-state index is 0.323. The number of carbonyl (C=O) groups excluding carboxylic acids is 1. The maximum absolute atomic E-state index is 10.4. The van der Waals surface area contributed by atoms with Gasteiger partial charge in [-0.3, -0.25) is 0 Å². The van der Waals surface area contributed by atoms with Gasteiger partial charge >= 0.3 is 0 Å². The van der Waals surface area contributed by atoms with Crippen molar-refractivity contribution in [1.82, 2.24) is 4.98 Å². The minimum atomic E-state index is -0.323. The lowest BCUT2D eigenvalue weighted by Crippen LogP contribution is -2.01. The van der Waals surface area contributed by atoms with Gasteiger partial charge in [0.05, 0.1) is 10.6 Å². The zero-order valence-corrected chi connectivity index (χ0v) is 9.21. The van der Waals surface area contributed by atoms with E-state index in [1.807, 2.05) is 18.2 Å². The topological polar surface area (TPSA) is 45.2 Å². The smallest absolute Gasteiger partial charge is 0.235 e. The quantitative estimate of drug-likeness (QED) is 0.628. The molecule has 0 aliphatic heterocycles. The fourth-order valence-electron chi connectivity index (χ4n) is 2.05. The van der Waals surface area contributed by atoms with Gasteiger partial charge in [-0.1, -0.05) is 17.7 Å². The summed E-state index contributed by atoms with van der Waals surface area (Å²) in [4.78, 5) is 17.4. The molecule has 1 heterocycles. The molecule has 0 spiro atoms. The average Bonchev–Trinajstić information content (AvgIpc) is 2.99. The van der Waals surface area contributed by atoms with Crippen molar-refractivity contribution < 1.29 is 4.79 Å². The average molecular weight is 233 g/mol. The number of isocyanates is 1. The molecule has 3 rings (SSSR count). The van der Waals surface area contributed by atoms with Crippen molar-refractivity contribution in [3.63, 3.8) is 0 Å². The molecule has 16 heavy (non-hydrogen) atoms. The van der Waals surface area contributed by atoms with Crippen LogP contribution in [0.15, 0.2) is 29.4 Å². The third-order valence-corrected chi connectivity index (χ3v) is 3.46. The van der Waals surface area contributed by atoms with E-state index in [2.05, 4.69) is 9.98 Å². The van der Waals surface area contributed by atoms with E-state index in [0.717, 1.165) is 29.3 Å². The van der Waals surface area contributed by atoms with Crippen molar-refractivity contribution in [3.05, 3.63) is 35.0 Å². The predicted octanol–water partition coefficient (Wildman–Crippen LogP) is 3.15. The molecule has 1 aliphatic carbocycles. The number of aliphatic imine (C=N–C) groups is 1. The second-order valence-electron chi connectivity index (χ2n) is 4.13. The van der Waals surface area contributed by atoms with E-state index in [1.54, 1.807) is 12.3 Å². The molecule has 1 aromatic heterocycles. The lowest BCUT2D eigenvalue weighted by atomic mass is 10.0. The largest absolute Gasteiger partial charge is 0.360 e. The van der Waals surface area contributed by atoms with Crippen molar-refractivity contribution in [3.8, 4) is 0 Å². The van der Waals surface area contributed by atoms with Crippen LogP contribution >= 0.6 is 11.6 Å². The second kappa shape index (κ2) is 3.21. The summed E-state index contributed by atoms with van der Waals surface area (Å²) < 4.78 is 0. The third-order valence-electron chi connectivity index (χ3n) is 3.15. The summed E-state index contributed by atoms with van der Waals surface area (Å²) in [6.07, 6.45) is 5.25. The molecule has 1 aliphatic rings. The number of hydrogen-bond donors (Lipinski definition) is 1. The number of nitrogens with one attached hydrogen (secondary N) is 1. The number of fused-ring (bicyclic) bond motifs is 1. The molecule has 1 fully saturated rings. The van der Waals surface area contributed by atoms with Crippen LogP contribution in [-0.2, 0) is 10.3 Å². The van der Waals surface area contributed by atoms with Crippen LogP contribution in [0.5, 0.6) is 0 Å². The first kappa shape index (κ1) is 9.64. The summed E-state index contributed by atoms with van der Waals surface area (Å²) in [7, 11) is 0. The first-order valence-corrected chi connectivity index (χ1v) is 5.49. The number of benzene rings is 1. The highest BCUT2D eigenvalue weighted by Gasteiger charge is 2.44. The Morgan fingerprint density at radius 3 is 2.94 bits per heavy atom. The Bertz CT molecular complexity index is 607. The Hall–Kier alpha value is -1.57. The first-order valence-electron chi connectivity index (χ1n) is 5.11. The van der Waals surface area contributed by atoms with Crippen LogP contribution in [0.2, 0.25) is 5.02 Å². The number of H-pyrrole nitrogens is 1. The van der Waals surface area contributed by atoms with Crippen LogP contribution < -0.4 is 0 Å². The van der Waals surface area contributed by atoms with Crippen molar-refractivity contribution in [2.45, 2.75) is 18.4 Å². The van der Waals surface area contributed by atoms with Crippen molar-refractivity contribution in [2.75, 3.05) is 0 Å². The van der Waals surface area contributed by atoms with Crippen LogP contribution in [-0.4, -0.2) is 11.1 Å². The van der Waals surface area contributed by atoms with Gasteiger partial charge in [-0.15, -0.1) is 0 Å². The predicted molar refractivity (Wildman–Crippen MR) is 62.3 cm³/mol. The number of aromatic nitrogens is 1. The first-order chi connectivity index (χ1) is 7.75. The molecule has 0 radical (unpaired) electrons. The Morgan fingerprint density at radius 2 is 2.25 bits per heavy atom. The van der Waals surface area contributed by atoms with Gasteiger partial charge in [-0.05, 0) is 30.5 Å². The molecular weight excluding hydrogens is 224 g/mol. The van der Waals surface area contributed by atoms with Crippen LogP contribution in [0.1, 0.15) is 18.4 Å². The number of aromatic amines is 1. The minimum Gasteiger partial charge on any atom is -0.360 e. The Morgan fingerprint density at radius 1 is 1.44 bits per heavy atom. The highest BCUT2D eigenvalue weighted by Crippen LogP contribution is 2.49. The lowest BCUT2D eigenvalue weighted by molar-refractivity contribution is 0.556. The molecule has 0 atom stereocenters. The van der Waals surface area contributed by atoms with E-state index in [1.165, 1.54) is 0 Å². The van der Waals surface area contributed by atoms with E-state index in [9.17, 15) is 4.79 Å². The van der Waals surface area contributed by atoms with E-state index in [-0.39, 0.29) is 5.54 Å². The van der Waals surface area contributed by atoms with Gasteiger partial charge in [-0.2, -0.15) is 4.99 Å². The molecule has 3 nitrogen and oxygen atoms in total. The molecule has 1 aromatic carbocycles. The molecule has 1 N–H and O–H groups in total. The summed E-state index contributed by atoms with van der Waals surface area (Å²) in [6.45, 7) is 0. The zero-order valence-electron chi connectivity index (χ0n) is 8.46. The zero-order chi connectivity index (χ0) is 11.2. The Kier molecular flexibility index (Phi) is 1.93. The monoisotopic (exact) mass is 232 g/mol. The number of hydrogen-bond acceptors (Lipinski definition) is 2. The summed E-state index contributed by atoms with van der Waals surface area (Å²) in [6, 6.07) is 5.96. The fourth-order valence-corrected chi connectivity index (χ4v) is 2.26. The summed E-state index contributed by atoms with van der Waals surface area (Å²) >= 11 is 6.05. The van der Waals surface area contributed by atoms with Crippen molar-refractivity contribution in [2.24, 2.45) is 4.99 Å². The van der Waals surface area contributed by atoms with Crippen LogP contribution in [0, 0.1) is 0 Å². The van der Waals surface area contributed by atoms with Crippen LogP contribution in [0.3, 0.4) is 0 Å². The summed E-state index contributed by atoms with van der Waals surface area (Å²) in [5, 5.41) is 1.68. The normalized spacial score (nSPS) is 17.1. The molecule has 80 valence electrons. The fraction of sp³-hybridized carbons (Fsp3) is 0.250. The molecule has 0 bridgehead atoms. The van der Waals surface area contributed by atoms with Crippen molar-refractivity contribution in [1.29, 1.82) is 0 Å². The van der Waals surface area contributed by atoms with Crippen molar-refractivity contribution >= 4 is 28.6 Å². The SMILES string of the molecule is O=C=NC1(c2ccc3[nH]cc(Cl)c3c2)CC1. The standard InChI is InChI=1S/C12H9ClN2O/c13-10-6-14-11-2-1-8(5-9(10)11)12(3-4-12)15-7-16/h1-2,5-6,14H,3-4H2. The number of nitrogens with zero attached hydrogens (tertiary/aromatic N) is 1. The van der Waals surface area contributed by atoms with Gasteiger partial charge in [0.2, 0.25) is 6.08 Å². The molecule has 1 saturated carbocycles. The molecule has 0 saturated heterocycles. The molecular formula is C12H9ClN2O. The molecule has 0 unspecified atom stereocenters. The van der Waals surface area contributed by atoms with Gasteiger partial charge in [-0.25, -0.2) is 4.79 Å². The highest BCUT2D eigenvalue weighted by atomic mass is 35.5. The van der Waals surface area contributed by atoms with Gasteiger partial charge in [0, 0.05) is 17.1 Å². The molecule has 0 amide bonds. The summed E-state index contributed by atoms with van der Waals surface area (Å²) in [5.74, 6) is 0. The highest BCUT2D eigenvalue weighted by molar-refractivity contribution is 6.35. The van der Waals surface area contributed by atoms with Gasteiger partial charge in [0.15, 0.2) is 0 Å². The third kappa shape index (κ3) is 1.29. The van der Waals surface area contributed by atoms with E-state index in [0.29, 0.717) is 5.02 Å². The van der Waals surface area contributed by atoms with Gasteiger partial charge in [0.25, 0.3) is 0 Å². The lowest BCUT2D eigenvalue weighted by Gasteiger charge is -2.07. The van der Waals surface area contributed by atoms with E-state index >= 15 is 0 Å². The molecule has 4 heteroatoms. The van der Waals surface area contributed by atoms with Gasteiger partial charge in [0.1, 0.15) is 0 Å².